The lowest BCUT2D eigenvalue weighted by atomic mass is 10.1. The number of anilines is 1. The molecule has 0 unspecified atom stereocenters. The van der Waals surface area contributed by atoms with E-state index in [1.165, 1.54) is 6.07 Å². The van der Waals surface area contributed by atoms with Crippen LogP contribution in [0.15, 0.2) is 12.3 Å². The van der Waals surface area contributed by atoms with E-state index >= 15 is 0 Å². The molecule has 122 valence electrons. The monoisotopic (exact) mass is 315 g/mol. The van der Waals surface area contributed by atoms with Crippen molar-refractivity contribution >= 4 is 5.82 Å². The van der Waals surface area contributed by atoms with Gasteiger partial charge in [-0.25, -0.2) is 4.98 Å². The smallest absolute Gasteiger partial charge is 0.374 e. The van der Waals surface area contributed by atoms with Crippen LogP contribution in [-0.4, -0.2) is 48.2 Å². The van der Waals surface area contributed by atoms with Crippen molar-refractivity contribution in [1.29, 1.82) is 0 Å². The summed E-state index contributed by atoms with van der Waals surface area (Å²) in [6, 6.07) is 1.76. The van der Waals surface area contributed by atoms with E-state index in [9.17, 15) is 13.2 Å². The normalized spacial score (nSPS) is 23.2. The van der Waals surface area contributed by atoms with E-state index in [0.717, 1.165) is 25.8 Å². The summed E-state index contributed by atoms with van der Waals surface area (Å²) in [5.74, 6) is 0.638. The van der Waals surface area contributed by atoms with E-state index in [-0.39, 0.29) is 12.6 Å². The molecule has 22 heavy (non-hydrogen) atoms. The van der Waals surface area contributed by atoms with Crippen LogP contribution in [0.2, 0.25) is 0 Å². The Balaban J connectivity index is 1.89. The first-order chi connectivity index (χ1) is 10.4. The molecule has 1 aromatic heterocycles. The minimum atomic E-state index is -4.37. The number of hydrogen-bond acceptors (Lipinski definition) is 4. The van der Waals surface area contributed by atoms with Gasteiger partial charge in [0, 0.05) is 37.4 Å². The molecule has 4 nitrogen and oxygen atoms in total. The van der Waals surface area contributed by atoms with E-state index in [4.69, 9.17) is 4.74 Å². The lowest BCUT2D eigenvalue weighted by Gasteiger charge is -2.42. The molecule has 0 amide bonds. The van der Waals surface area contributed by atoms with Gasteiger partial charge in [-0.15, -0.1) is 0 Å². The van der Waals surface area contributed by atoms with Crippen LogP contribution in [0.1, 0.15) is 25.0 Å². The number of fused-ring (bicyclic) bond motifs is 3. The number of piperazine rings is 1. The molecule has 1 fully saturated rings. The Hall–Kier alpha value is -1.34. The van der Waals surface area contributed by atoms with Crippen molar-refractivity contribution in [2.45, 2.75) is 38.7 Å². The summed E-state index contributed by atoms with van der Waals surface area (Å²) in [6.07, 6.45) is -3.44. The summed E-state index contributed by atoms with van der Waals surface area (Å²) in [5, 5.41) is 0. The Labute approximate surface area is 127 Å². The fourth-order valence-corrected chi connectivity index (χ4v) is 3.10. The summed E-state index contributed by atoms with van der Waals surface area (Å²) in [5.41, 5.74) is -0.190. The molecule has 0 saturated carbocycles. The molecule has 3 heterocycles. The molecule has 0 radical (unpaired) electrons. The molecule has 0 N–H and O–H groups in total. The highest BCUT2D eigenvalue weighted by molar-refractivity contribution is 5.50. The zero-order chi connectivity index (χ0) is 15.9. The zero-order valence-corrected chi connectivity index (χ0v) is 12.7. The number of halogens is 3. The largest absolute Gasteiger partial charge is 0.417 e. The SMILES string of the molecule is CC(C)N1CCN2c3ncc(C(F)(F)F)cc3COC[C@H]2C1. The predicted octanol–water partition coefficient (Wildman–Crippen LogP) is 2.53. The van der Waals surface area contributed by atoms with Gasteiger partial charge in [-0.1, -0.05) is 0 Å². The van der Waals surface area contributed by atoms with Gasteiger partial charge < -0.3 is 9.64 Å². The first-order valence-electron chi connectivity index (χ1n) is 7.51. The van der Waals surface area contributed by atoms with Crippen molar-refractivity contribution in [2.24, 2.45) is 0 Å². The fourth-order valence-electron chi connectivity index (χ4n) is 3.10. The number of rotatable bonds is 1. The molecule has 0 aromatic carbocycles. The Kier molecular flexibility index (Phi) is 4.03. The molecule has 3 rings (SSSR count). The summed E-state index contributed by atoms with van der Waals surface area (Å²) in [6.45, 7) is 7.49. The van der Waals surface area contributed by atoms with Gasteiger partial charge in [0.2, 0.25) is 0 Å². The van der Waals surface area contributed by atoms with Crippen molar-refractivity contribution in [2.75, 3.05) is 31.1 Å². The Morgan fingerprint density at radius 1 is 1.32 bits per heavy atom. The average Bonchev–Trinajstić information content (AvgIpc) is 2.64. The Morgan fingerprint density at radius 3 is 2.77 bits per heavy atom. The average molecular weight is 315 g/mol. The Bertz CT molecular complexity index is 547. The van der Waals surface area contributed by atoms with Crippen LogP contribution in [0.5, 0.6) is 0 Å². The van der Waals surface area contributed by atoms with Gasteiger partial charge in [-0.3, -0.25) is 4.90 Å². The Morgan fingerprint density at radius 2 is 2.09 bits per heavy atom. The summed E-state index contributed by atoms with van der Waals surface area (Å²) >= 11 is 0. The van der Waals surface area contributed by atoms with Crippen molar-refractivity contribution in [3.63, 3.8) is 0 Å². The molecule has 2 aliphatic heterocycles. The second-order valence-corrected chi connectivity index (χ2v) is 6.16. The molecule has 1 atom stereocenters. The first-order valence-corrected chi connectivity index (χ1v) is 7.51. The highest BCUT2D eigenvalue weighted by atomic mass is 19.4. The minimum Gasteiger partial charge on any atom is -0.374 e. The highest BCUT2D eigenvalue weighted by Crippen LogP contribution is 2.34. The van der Waals surface area contributed by atoms with Gasteiger partial charge in [0.15, 0.2) is 0 Å². The van der Waals surface area contributed by atoms with E-state index in [1.54, 1.807) is 0 Å². The fraction of sp³-hybridized carbons (Fsp3) is 0.667. The van der Waals surface area contributed by atoms with E-state index < -0.39 is 11.7 Å². The maximum Gasteiger partial charge on any atom is 0.417 e. The van der Waals surface area contributed by atoms with Crippen LogP contribution in [0.4, 0.5) is 19.0 Å². The quantitative estimate of drug-likeness (QED) is 0.796. The lowest BCUT2D eigenvalue weighted by Crippen LogP contribution is -2.56. The second kappa shape index (κ2) is 5.70. The summed E-state index contributed by atoms with van der Waals surface area (Å²) in [7, 11) is 0. The standard InChI is InChI=1S/C15H20F3N3O/c1-10(2)20-3-4-21-13(7-20)9-22-8-11-5-12(15(16,17)18)6-19-14(11)21/h5-6,10,13H,3-4,7-9H2,1-2H3/t13-/m1/s1. The summed E-state index contributed by atoms with van der Waals surface area (Å²) < 4.78 is 44.1. The third-order valence-electron chi connectivity index (χ3n) is 4.35. The molecule has 0 bridgehead atoms. The molecule has 7 heteroatoms. The number of alkyl halides is 3. The van der Waals surface area contributed by atoms with Crippen LogP contribution in [0.3, 0.4) is 0 Å². The van der Waals surface area contributed by atoms with E-state index in [1.807, 2.05) is 0 Å². The number of hydrogen-bond donors (Lipinski definition) is 0. The molecule has 1 aromatic rings. The molecular weight excluding hydrogens is 295 g/mol. The first kappa shape index (κ1) is 15.6. The van der Waals surface area contributed by atoms with Crippen molar-refractivity contribution in [3.05, 3.63) is 23.4 Å². The van der Waals surface area contributed by atoms with Gasteiger partial charge >= 0.3 is 6.18 Å². The van der Waals surface area contributed by atoms with Gasteiger partial charge in [0.05, 0.1) is 24.8 Å². The molecule has 2 aliphatic rings. The number of pyridine rings is 1. The lowest BCUT2D eigenvalue weighted by molar-refractivity contribution is -0.137. The van der Waals surface area contributed by atoms with E-state index in [2.05, 4.69) is 28.6 Å². The number of nitrogens with zero attached hydrogens (tertiary/aromatic N) is 3. The topological polar surface area (TPSA) is 28.6 Å². The number of aromatic nitrogens is 1. The molecular formula is C15H20F3N3O. The van der Waals surface area contributed by atoms with Crippen LogP contribution in [0.25, 0.3) is 0 Å². The van der Waals surface area contributed by atoms with Crippen molar-refractivity contribution < 1.29 is 17.9 Å². The second-order valence-electron chi connectivity index (χ2n) is 6.16. The highest BCUT2D eigenvalue weighted by Gasteiger charge is 2.35. The minimum absolute atomic E-state index is 0.140. The maximum absolute atomic E-state index is 12.8. The summed E-state index contributed by atoms with van der Waals surface area (Å²) in [4.78, 5) is 8.57. The van der Waals surface area contributed by atoms with Crippen LogP contribution in [-0.2, 0) is 17.5 Å². The van der Waals surface area contributed by atoms with Crippen molar-refractivity contribution in [1.82, 2.24) is 9.88 Å². The zero-order valence-electron chi connectivity index (χ0n) is 12.7. The molecule has 0 aliphatic carbocycles. The van der Waals surface area contributed by atoms with Crippen LogP contribution in [0, 0.1) is 0 Å². The van der Waals surface area contributed by atoms with Crippen LogP contribution < -0.4 is 4.90 Å². The van der Waals surface area contributed by atoms with Gasteiger partial charge in [-0.2, -0.15) is 13.2 Å². The number of ether oxygens (including phenoxy) is 1. The van der Waals surface area contributed by atoms with Gasteiger partial charge in [0.25, 0.3) is 0 Å². The molecule has 0 spiro atoms. The predicted molar refractivity (Wildman–Crippen MR) is 76.7 cm³/mol. The third kappa shape index (κ3) is 2.92. The molecule has 1 saturated heterocycles. The maximum atomic E-state index is 12.8. The van der Waals surface area contributed by atoms with Crippen molar-refractivity contribution in [3.8, 4) is 0 Å². The van der Waals surface area contributed by atoms with Crippen LogP contribution >= 0.6 is 0 Å². The third-order valence-corrected chi connectivity index (χ3v) is 4.35. The van der Waals surface area contributed by atoms with Gasteiger partial charge in [-0.05, 0) is 19.9 Å². The van der Waals surface area contributed by atoms with Gasteiger partial charge in [0.1, 0.15) is 5.82 Å². The van der Waals surface area contributed by atoms with E-state index in [0.29, 0.717) is 24.0 Å².